The fourth-order valence-electron chi connectivity index (χ4n) is 3.69. The summed E-state index contributed by atoms with van der Waals surface area (Å²) in [6, 6.07) is 5.68. The van der Waals surface area contributed by atoms with E-state index in [-0.39, 0.29) is 18.2 Å². The lowest BCUT2D eigenvalue weighted by Gasteiger charge is -2.35. The number of anilines is 1. The average Bonchev–Trinajstić information content (AvgIpc) is 2.79. The second kappa shape index (κ2) is 9.20. The molecule has 0 bridgehead atoms. The summed E-state index contributed by atoms with van der Waals surface area (Å²) in [5, 5.41) is 0. The van der Waals surface area contributed by atoms with Gasteiger partial charge in [0, 0.05) is 43.0 Å². The fraction of sp³-hybridized carbons (Fsp3) is 0.348. The molecule has 0 N–H and O–H groups in total. The van der Waals surface area contributed by atoms with Crippen molar-refractivity contribution in [1.29, 1.82) is 0 Å². The number of hydrogen-bond donors (Lipinski definition) is 0. The van der Waals surface area contributed by atoms with Crippen molar-refractivity contribution >= 4 is 44.7 Å². The largest absolute Gasteiger partial charge is 0.461 e. The van der Waals surface area contributed by atoms with E-state index in [2.05, 4.69) is 25.9 Å². The van der Waals surface area contributed by atoms with E-state index in [9.17, 15) is 9.59 Å². The fourth-order valence-corrected chi connectivity index (χ4v) is 4.06. The Balaban J connectivity index is 1.61. The first-order chi connectivity index (χ1) is 15.4. The van der Waals surface area contributed by atoms with Crippen LogP contribution in [0.1, 0.15) is 38.9 Å². The molecule has 1 fully saturated rings. The summed E-state index contributed by atoms with van der Waals surface area (Å²) in [5.74, 6) is -0.0657. The number of aromatic nitrogens is 3. The maximum absolute atomic E-state index is 12.8. The SMILES string of the molecule is CCOC(=O)c1nc2cc(C)c(C)cc2nc1N1CCN(C(=O)c2cncc(Br)c2)CC1. The summed E-state index contributed by atoms with van der Waals surface area (Å²) in [4.78, 5) is 42.8. The van der Waals surface area contributed by atoms with Gasteiger partial charge in [0.1, 0.15) is 0 Å². The smallest absolute Gasteiger partial charge is 0.360 e. The van der Waals surface area contributed by atoms with Crippen molar-refractivity contribution in [3.63, 3.8) is 0 Å². The summed E-state index contributed by atoms with van der Waals surface area (Å²) in [5.41, 5.74) is 4.34. The van der Waals surface area contributed by atoms with E-state index in [0.29, 0.717) is 43.1 Å². The van der Waals surface area contributed by atoms with Crippen LogP contribution in [-0.2, 0) is 4.74 Å². The number of piperazine rings is 1. The van der Waals surface area contributed by atoms with Gasteiger partial charge in [-0.05, 0) is 66.0 Å². The van der Waals surface area contributed by atoms with E-state index in [1.165, 1.54) is 0 Å². The molecule has 4 rings (SSSR count). The van der Waals surface area contributed by atoms with Crippen LogP contribution in [0.3, 0.4) is 0 Å². The van der Waals surface area contributed by atoms with Crippen LogP contribution >= 0.6 is 15.9 Å². The Morgan fingerprint density at radius 3 is 2.28 bits per heavy atom. The van der Waals surface area contributed by atoms with E-state index < -0.39 is 5.97 Å². The quantitative estimate of drug-likeness (QED) is 0.509. The zero-order valence-electron chi connectivity index (χ0n) is 18.3. The van der Waals surface area contributed by atoms with Crippen molar-refractivity contribution in [2.45, 2.75) is 20.8 Å². The number of amides is 1. The predicted octanol–water partition coefficient (Wildman–Crippen LogP) is 3.54. The van der Waals surface area contributed by atoms with Crippen LogP contribution in [0.5, 0.6) is 0 Å². The Bertz CT molecular complexity index is 1190. The monoisotopic (exact) mass is 497 g/mol. The molecular weight excluding hydrogens is 474 g/mol. The van der Waals surface area contributed by atoms with E-state index in [1.807, 2.05) is 30.9 Å². The van der Waals surface area contributed by atoms with E-state index >= 15 is 0 Å². The minimum Gasteiger partial charge on any atom is -0.461 e. The molecule has 1 aliphatic heterocycles. The zero-order chi connectivity index (χ0) is 22.8. The second-order valence-electron chi connectivity index (χ2n) is 7.71. The lowest BCUT2D eigenvalue weighted by atomic mass is 10.1. The molecule has 0 unspecified atom stereocenters. The van der Waals surface area contributed by atoms with Gasteiger partial charge >= 0.3 is 5.97 Å². The number of carbonyl (C=O) groups excluding carboxylic acids is 2. The number of esters is 1. The maximum atomic E-state index is 12.8. The van der Waals surface area contributed by atoms with E-state index in [1.54, 1.807) is 30.3 Å². The van der Waals surface area contributed by atoms with Gasteiger partial charge in [0.25, 0.3) is 5.91 Å². The van der Waals surface area contributed by atoms with Gasteiger partial charge in [-0.2, -0.15) is 0 Å². The minimum absolute atomic E-state index is 0.0697. The highest BCUT2D eigenvalue weighted by Crippen LogP contribution is 2.25. The molecule has 0 spiro atoms. The molecule has 1 aromatic carbocycles. The Kier molecular flexibility index (Phi) is 6.36. The molecule has 166 valence electrons. The number of halogens is 1. The normalized spacial score (nSPS) is 14.0. The van der Waals surface area contributed by atoms with Crippen LogP contribution in [0.15, 0.2) is 35.1 Å². The Hall–Kier alpha value is -3.07. The van der Waals surface area contributed by atoms with Gasteiger partial charge in [-0.1, -0.05) is 0 Å². The number of carbonyl (C=O) groups is 2. The first kappa shape index (κ1) is 22.1. The van der Waals surface area contributed by atoms with Crippen molar-refractivity contribution in [2.24, 2.45) is 0 Å². The third kappa shape index (κ3) is 4.43. The van der Waals surface area contributed by atoms with Crippen LogP contribution in [0.2, 0.25) is 0 Å². The number of pyridine rings is 1. The number of nitrogens with zero attached hydrogens (tertiary/aromatic N) is 5. The average molecular weight is 498 g/mol. The lowest BCUT2D eigenvalue weighted by molar-refractivity contribution is 0.0519. The molecule has 1 saturated heterocycles. The molecule has 0 radical (unpaired) electrons. The highest BCUT2D eigenvalue weighted by Gasteiger charge is 2.28. The summed E-state index contributed by atoms with van der Waals surface area (Å²) < 4.78 is 6.01. The third-order valence-corrected chi connectivity index (χ3v) is 5.98. The van der Waals surface area contributed by atoms with Crippen LogP contribution < -0.4 is 4.90 Å². The summed E-state index contributed by atoms with van der Waals surface area (Å²) in [6.45, 7) is 8.12. The zero-order valence-corrected chi connectivity index (χ0v) is 19.8. The Morgan fingerprint density at radius 2 is 1.66 bits per heavy atom. The Morgan fingerprint density at radius 1 is 1.00 bits per heavy atom. The van der Waals surface area contributed by atoms with Crippen molar-refractivity contribution in [3.8, 4) is 0 Å². The highest BCUT2D eigenvalue weighted by atomic mass is 79.9. The van der Waals surface area contributed by atoms with Crippen molar-refractivity contribution in [3.05, 3.63) is 57.4 Å². The van der Waals surface area contributed by atoms with Gasteiger partial charge in [-0.25, -0.2) is 14.8 Å². The van der Waals surface area contributed by atoms with Gasteiger partial charge < -0.3 is 14.5 Å². The van der Waals surface area contributed by atoms with Crippen molar-refractivity contribution in [1.82, 2.24) is 19.9 Å². The number of fused-ring (bicyclic) bond motifs is 1. The molecule has 1 amide bonds. The molecule has 3 aromatic rings. The number of benzene rings is 1. The standard InChI is InChI=1S/C23H24BrN5O3/c1-4-32-23(31)20-21(27-19-10-15(3)14(2)9-18(19)26-20)28-5-7-29(8-6-28)22(30)16-11-17(24)13-25-12-16/h9-13H,4-8H2,1-3H3. The number of ether oxygens (including phenoxy) is 1. The maximum Gasteiger partial charge on any atom is 0.360 e. The van der Waals surface area contributed by atoms with Crippen LogP contribution in [-0.4, -0.2) is 64.5 Å². The van der Waals surface area contributed by atoms with Gasteiger partial charge in [0.15, 0.2) is 11.5 Å². The lowest BCUT2D eigenvalue weighted by Crippen LogP contribution is -2.49. The van der Waals surface area contributed by atoms with Gasteiger partial charge in [0.2, 0.25) is 0 Å². The first-order valence-electron chi connectivity index (χ1n) is 10.5. The number of aryl methyl sites for hydroxylation is 2. The Labute approximate surface area is 194 Å². The molecule has 1 aliphatic rings. The third-order valence-electron chi connectivity index (χ3n) is 5.55. The second-order valence-corrected chi connectivity index (χ2v) is 8.63. The van der Waals surface area contributed by atoms with Crippen LogP contribution in [0.25, 0.3) is 11.0 Å². The van der Waals surface area contributed by atoms with Gasteiger partial charge in [-0.3, -0.25) is 9.78 Å². The number of hydrogen-bond acceptors (Lipinski definition) is 7. The summed E-state index contributed by atoms with van der Waals surface area (Å²) >= 11 is 3.36. The molecule has 0 saturated carbocycles. The minimum atomic E-state index is -0.492. The highest BCUT2D eigenvalue weighted by molar-refractivity contribution is 9.10. The van der Waals surface area contributed by atoms with Crippen molar-refractivity contribution < 1.29 is 14.3 Å². The van der Waals surface area contributed by atoms with E-state index in [4.69, 9.17) is 9.72 Å². The van der Waals surface area contributed by atoms with Crippen LogP contribution in [0, 0.1) is 13.8 Å². The molecule has 9 heteroatoms. The molecule has 8 nitrogen and oxygen atoms in total. The van der Waals surface area contributed by atoms with Crippen molar-refractivity contribution in [2.75, 3.05) is 37.7 Å². The molecule has 0 aliphatic carbocycles. The molecule has 0 atom stereocenters. The molecule has 2 aromatic heterocycles. The van der Waals surface area contributed by atoms with Gasteiger partial charge in [0.05, 0.1) is 23.2 Å². The van der Waals surface area contributed by atoms with Crippen LogP contribution in [0.4, 0.5) is 5.82 Å². The molecule has 32 heavy (non-hydrogen) atoms. The summed E-state index contributed by atoms with van der Waals surface area (Å²) in [7, 11) is 0. The molecular formula is C23H24BrN5O3. The summed E-state index contributed by atoms with van der Waals surface area (Å²) in [6.07, 6.45) is 3.21. The number of rotatable bonds is 4. The molecule has 3 heterocycles. The van der Waals surface area contributed by atoms with Gasteiger partial charge in [-0.15, -0.1) is 0 Å². The first-order valence-corrected chi connectivity index (χ1v) is 11.3. The topological polar surface area (TPSA) is 88.5 Å². The van der Waals surface area contributed by atoms with E-state index in [0.717, 1.165) is 21.1 Å². The predicted molar refractivity (Wildman–Crippen MR) is 125 cm³/mol.